The highest BCUT2D eigenvalue weighted by atomic mass is 35.5. The van der Waals surface area contributed by atoms with Crippen LogP contribution in [0.1, 0.15) is 5.56 Å². The lowest BCUT2D eigenvalue weighted by Gasteiger charge is -2.12. The van der Waals surface area contributed by atoms with Gasteiger partial charge in [0.1, 0.15) is 4.90 Å². The lowest BCUT2D eigenvalue weighted by molar-refractivity contribution is 0.486. The molecule has 0 spiro atoms. The number of sulfonamides is 1. The molecule has 0 amide bonds. The second-order valence-corrected chi connectivity index (χ2v) is 6.46. The van der Waals surface area contributed by atoms with Crippen molar-refractivity contribution in [3.8, 4) is 0 Å². The van der Waals surface area contributed by atoms with E-state index in [9.17, 15) is 17.2 Å². The molecule has 0 aliphatic heterocycles. The number of nitrogen functional groups attached to an aromatic ring is 1. The molecule has 0 bridgehead atoms. The Bertz CT molecular complexity index is 810. The van der Waals surface area contributed by atoms with Crippen LogP contribution in [-0.4, -0.2) is 8.42 Å². The van der Waals surface area contributed by atoms with Gasteiger partial charge < -0.3 is 5.73 Å². The number of benzene rings is 2. The molecule has 21 heavy (non-hydrogen) atoms. The fraction of sp³-hybridized carbons (Fsp3) is 0.0769. The van der Waals surface area contributed by atoms with E-state index in [0.29, 0.717) is 6.07 Å². The molecular formula is C13H11ClF2N2O2S. The Hall–Kier alpha value is -1.86. The van der Waals surface area contributed by atoms with Gasteiger partial charge in [-0.3, -0.25) is 4.72 Å². The van der Waals surface area contributed by atoms with E-state index in [1.165, 1.54) is 12.1 Å². The summed E-state index contributed by atoms with van der Waals surface area (Å²) in [4.78, 5) is -0.877. The van der Waals surface area contributed by atoms with E-state index in [4.69, 9.17) is 17.3 Å². The Kier molecular flexibility index (Phi) is 4.06. The van der Waals surface area contributed by atoms with Gasteiger partial charge in [0.15, 0.2) is 11.6 Å². The Morgan fingerprint density at radius 2 is 1.86 bits per heavy atom. The molecule has 4 nitrogen and oxygen atoms in total. The minimum Gasteiger partial charge on any atom is -0.399 e. The zero-order chi connectivity index (χ0) is 15.8. The number of aryl methyl sites for hydroxylation is 1. The van der Waals surface area contributed by atoms with Gasteiger partial charge >= 0.3 is 0 Å². The van der Waals surface area contributed by atoms with Gasteiger partial charge in [-0.2, -0.15) is 0 Å². The maximum Gasteiger partial charge on any atom is 0.265 e. The van der Waals surface area contributed by atoms with E-state index in [1.807, 2.05) is 0 Å². The molecule has 0 heterocycles. The minimum absolute atomic E-state index is 0.0684. The zero-order valence-corrected chi connectivity index (χ0v) is 12.4. The topological polar surface area (TPSA) is 72.2 Å². The van der Waals surface area contributed by atoms with Crippen LogP contribution < -0.4 is 10.5 Å². The number of halogens is 3. The third kappa shape index (κ3) is 3.25. The van der Waals surface area contributed by atoms with Gasteiger partial charge in [0.05, 0.1) is 10.7 Å². The Balaban J connectivity index is 2.51. The van der Waals surface area contributed by atoms with Crippen LogP contribution in [0.4, 0.5) is 20.2 Å². The van der Waals surface area contributed by atoms with Gasteiger partial charge in [-0.25, -0.2) is 17.2 Å². The summed E-state index contributed by atoms with van der Waals surface area (Å²) in [5, 5.41) is 0.133. The highest BCUT2D eigenvalue weighted by molar-refractivity contribution is 7.92. The van der Waals surface area contributed by atoms with Crippen molar-refractivity contribution in [1.29, 1.82) is 0 Å². The summed E-state index contributed by atoms with van der Waals surface area (Å²) in [7, 11) is -4.36. The molecule has 0 atom stereocenters. The standard InChI is InChI=1S/C13H11ClF2N2O2S/c1-7-2-3-9(14)11(4-7)18-21(19,20)12-6-8(17)5-10(15)13(12)16/h2-6,18H,17H2,1H3. The predicted octanol–water partition coefficient (Wildman–Crippen LogP) is 3.31. The van der Waals surface area contributed by atoms with Crippen molar-refractivity contribution in [2.75, 3.05) is 10.5 Å². The van der Waals surface area contributed by atoms with Gasteiger partial charge in [-0.15, -0.1) is 0 Å². The lowest BCUT2D eigenvalue weighted by Crippen LogP contribution is -2.16. The highest BCUT2D eigenvalue weighted by Gasteiger charge is 2.23. The van der Waals surface area contributed by atoms with Crippen molar-refractivity contribution in [3.63, 3.8) is 0 Å². The molecule has 0 aromatic heterocycles. The number of nitrogens with one attached hydrogen (secondary N) is 1. The molecule has 2 aromatic carbocycles. The third-order valence-electron chi connectivity index (χ3n) is 2.67. The first-order valence-corrected chi connectivity index (χ1v) is 7.60. The normalized spacial score (nSPS) is 11.4. The molecule has 2 aromatic rings. The molecule has 0 saturated heterocycles. The minimum atomic E-state index is -4.36. The van der Waals surface area contributed by atoms with E-state index >= 15 is 0 Å². The smallest absolute Gasteiger partial charge is 0.265 e. The summed E-state index contributed by atoms with van der Waals surface area (Å²) in [6.07, 6.45) is 0. The fourth-order valence-electron chi connectivity index (χ4n) is 1.70. The van der Waals surface area contributed by atoms with Crippen LogP contribution in [-0.2, 0) is 10.0 Å². The molecule has 0 aliphatic rings. The molecule has 0 radical (unpaired) electrons. The van der Waals surface area contributed by atoms with Gasteiger partial charge in [0.25, 0.3) is 10.0 Å². The maximum absolute atomic E-state index is 13.7. The van der Waals surface area contributed by atoms with Crippen LogP contribution in [0.3, 0.4) is 0 Å². The van der Waals surface area contributed by atoms with Crippen molar-refractivity contribution in [2.24, 2.45) is 0 Å². The summed E-state index contributed by atoms with van der Waals surface area (Å²) in [5.41, 5.74) is 5.96. The summed E-state index contributed by atoms with van der Waals surface area (Å²) in [6.45, 7) is 1.73. The van der Waals surface area contributed by atoms with Crippen molar-refractivity contribution < 1.29 is 17.2 Å². The number of hydrogen-bond acceptors (Lipinski definition) is 3. The van der Waals surface area contributed by atoms with Crippen molar-refractivity contribution in [2.45, 2.75) is 11.8 Å². The van der Waals surface area contributed by atoms with E-state index in [-0.39, 0.29) is 16.4 Å². The van der Waals surface area contributed by atoms with Crippen LogP contribution >= 0.6 is 11.6 Å². The Labute approximate surface area is 125 Å². The van der Waals surface area contributed by atoms with Crippen molar-refractivity contribution in [3.05, 3.63) is 52.6 Å². The molecule has 2 rings (SSSR count). The average molecular weight is 333 g/mol. The van der Waals surface area contributed by atoms with E-state index in [0.717, 1.165) is 11.6 Å². The molecule has 0 aliphatic carbocycles. The van der Waals surface area contributed by atoms with Crippen molar-refractivity contribution in [1.82, 2.24) is 0 Å². The van der Waals surface area contributed by atoms with Gasteiger partial charge in [-0.1, -0.05) is 17.7 Å². The molecule has 0 unspecified atom stereocenters. The zero-order valence-electron chi connectivity index (χ0n) is 10.8. The molecule has 3 N–H and O–H groups in total. The third-order valence-corrected chi connectivity index (χ3v) is 4.37. The summed E-state index contributed by atoms with van der Waals surface area (Å²) < 4.78 is 53.4. The number of anilines is 2. The number of nitrogens with two attached hydrogens (primary N) is 1. The predicted molar refractivity (Wildman–Crippen MR) is 77.8 cm³/mol. The second kappa shape index (κ2) is 5.50. The van der Waals surface area contributed by atoms with Crippen molar-refractivity contribution >= 4 is 33.0 Å². The monoisotopic (exact) mass is 332 g/mol. The molecule has 0 saturated carbocycles. The summed E-state index contributed by atoms with van der Waals surface area (Å²) in [6, 6.07) is 6.19. The molecular weight excluding hydrogens is 322 g/mol. The largest absolute Gasteiger partial charge is 0.399 e. The first-order chi connectivity index (χ1) is 9.70. The summed E-state index contributed by atoms with van der Waals surface area (Å²) >= 11 is 5.87. The number of hydrogen-bond donors (Lipinski definition) is 2. The summed E-state index contributed by atoms with van der Waals surface area (Å²) in [5.74, 6) is -2.84. The van der Waals surface area contributed by atoms with E-state index < -0.39 is 26.6 Å². The van der Waals surface area contributed by atoms with Gasteiger partial charge in [-0.05, 0) is 36.8 Å². The fourth-order valence-corrected chi connectivity index (χ4v) is 3.11. The quantitative estimate of drug-likeness (QED) is 0.847. The lowest BCUT2D eigenvalue weighted by atomic mass is 10.2. The Morgan fingerprint density at radius 3 is 2.52 bits per heavy atom. The maximum atomic E-state index is 13.7. The first kappa shape index (κ1) is 15.5. The van der Waals surface area contributed by atoms with Gasteiger partial charge in [0, 0.05) is 5.69 Å². The molecule has 0 fully saturated rings. The van der Waals surface area contributed by atoms with E-state index in [2.05, 4.69) is 4.72 Å². The SMILES string of the molecule is Cc1ccc(Cl)c(NS(=O)(=O)c2cc(N)cc(F)c2F)c1. The van der Waals surface area contributed by atoms with Crippen LogP contribution in [0, 0.1) is 18.6 Å². The Morgan fingerprint density at radius 1 is 1.19 bits per heavy atom. The average Bonchev–Trinajstić information content (AvgIpc) is 2.37. The van der Waals surface area contributed by atoms with Gasteiger partial charge in [0.2, 0.25) is 0 Å². The van der Waals surface area contributed by atoms with E-state index in [1.54, 1.807) is 13.0 Å². The first-order valence-electron chi connectivity index (χ1n) is 5.74. The second-order valence-electron chi connectivity index (χ2n) is 4.40. The molecule has 112 valence electrons. The van der Waals surface area contributed by atoms with Crippen LogP contribution in [0.5, 0.6) is 0 Å². The van der Waals surface area contributed by atoms with Crippen LogP contribution in [0.25, 0.3) is 0 Å². The number of rotatable bonds is 3. The molecule has 8 heteroatoms. The highest BCUT2D eigenvalue weighted by Crippen LogP contribution is 2.28. The van der Waals surface area contributed by atoms with Crippen LogP contribution in [0.2, 0.25) is 5.02 Å². The van der Waals surface area contributed by atoms with Crippen LogP contribution in [0.15, 0.2) is 35.2 Å².